The average molecular weight is 466 g/mol. The van der Waals surface area contributed by atoms with E-state index in [9.17, 15) is 4.79 Å². The maximum Gasteiger partial charge on any atom is 0.322 e. The molecule has 0 spiro atoms. The summed E-state index contributed by atoms with van der Waals surface area (Å²) in [5.74, 6) is 0.798. The molecule has 1 heterocycles. The Kier molecular flexibility index (Phi) is 8.03. The molecule has 0 radical (unpaired) electrons. The van der Waals surface area contributed by atoms with Crippen LogP contribution in [0.3, 0.4) is 0 Å². The number of halogens is 1. The molecule has 0 saturated carbocycles. The normalized spacial score (nSPS) is 10.7. The summed E-state index contributed by atoms with van der Waals surface area (Å²) in [6.45, 7) is 1.01. The van der Waals surface area contributed by atoms with Gasteiger partial charge in [0.1, 0.15) is 5.75 Å². The number of nitrogens with one attached hydrogen (secondary N) is 1. The van der Waals surface area contributed by atoms with E-state index in [1.54, 1.807) is 18.2 Å². The molecule has 0 fully saturated rings. The number of carbonyl (C=O) groups is 1. The van der Waals surface area contributed by atoms with Crippen LogP contribution in [0.15, 0.2) is 83.5 Å². The summed E-state index contributed by atoms with van der Waals surface area (Å²) in [4.78, 5) is 19.1. The lowest BCUT2D eigenvalue weighted by Gasteiger charge is -2.22. The summed E-state index contributed by atoms with van der Waals surface area (Å²) in [5, 5.41) is 2.97. The highest BCUT2D eigenvalue weighted by atomic mass is 79.9. The minimum absolute atomic E-state index is 0.159. The number of hydrogen-bond acceptors (Lipinski definition) is 3. The smallest absolute Gasteiger partial charge is 0.322 e. The van der Waals surface area contributed by atoms with Crippen molar-refractivity contribution in [2.24, 2.45) is 0 Å². The molecule has 0 aliphatic heterocycles. The van der Waals surface area contributed by atoms with Gasteiger partial charge in [0, 0.05) is 47.1 Å². The van der Waals surface area contributed by atoms with E-state index in [1.807, 2.05) is 78.9 Å². The third kappa shape index (κ3) is 6.46. The van der Waals surface area contributed by atoms with Gasteiger partial charge in [-0.2, -0.15) is 0 Å². The molecule has 0 atom stereocenters. The van der Waals surface area contributed by atoms with Crippen LogP contribution in [0.5, 0.6) is 5.75 Å². The lowest BCUT2D eigenvalue weighted by Crippen LogP contribution is -2.36. The van der Waals surface area contributed by atoms with Gasteiger partial charge in [0.25, 0.3) is 0 Å². The van der Waals surface area contributed by atoms with Crippen molar-refractivity contribution in [3.05, 3.63) is 94.7 Å². The van der Waals surface area contributed by atoms with Crippen LogP contribution in [0, 0.1) is 0 Å². The number of pyridine rings is 1. The number of para-hydroxylation sites is 1. The number of rotatable bonds is 8. The third-order valence-electron chi connectivity index (χ3n) is 4.49. The molecule has 0 aliphatic carbocycles. The fraction of sp³-hybridized carbons (Fsp3) is 0.167. The van der Waals surface area contributed by atoms with Gasteiger partial charge in [0.2, 0.25) is 0 Å². The lowest BCUT2D eigenvalue weighted by molar-refractivity contribution is 0.217. The Balaban J connectivity index is 1.70. The maximum atomic E-state index is 12.9. The van der Waals surface area contributed by atoms with Gasteiger partial charge in [0.15, 0.2) is 0 Å². The molecule has 5 nitrogen and oxygen atoms in total. The van der Waals surface area contributed by atoms with Gasteiger partial charge in [0.05, 0.1) is 7.11 Å². The van der Waals surface area contributed by atoms with Crippen LogP contribution in [0.1, 0.15) is 11.3 Å². The molecule has 2 amide bonds. The highest BCUT2D eigenvalue weighted by molar-refractivity contribution is 9.10. The van der Waals surface area contributed by atoms with Crippen LogP contribution in [-0.2, 0) is 6.42 Å². The quantitative estimate of drug-likeness (QED) is 0.467. The van der Waals surface area contributed by atoms with E-state index >= 15 is 0 Å². The van der Waals surface area contributed by atoms with E-state index in [4.69, 9.17) is 4.74 Å². The zero-order valence-electron chi connectivity index (χ0n) is 16.8. The van der Waals surface area contributed by atoms with Gasteiger partial charge in [-0.25, -0.2) is 4.79 Å². The van der Waals surface area contributed by atoms with E-state index in [2.05, 4.69) is 26.2 Å². The van der Waals surface area contributed by atoms with Crippen LogP contribution in [0.4, 0.5) is 10.5 Å². The number of aromatic nitrogens is 1. The second-order valence-electron chi connectivity index (χ2n) is 6.60. The molecule has 6 heteroatoms. The van der Waals surface area contributed by atoms with Gasteiger partial charge in [-0.15, -0.1) is 0 Å². The van der Waals surface area contributed by atoms with Gasteiger partial charge >= 0.3 is 6.03 Å². The summed E-state index contributed by atoms with van der Waals surface area (Å²) in [5.41, 5.74) is 2.66. The van der Waals surface area contributed by atoms with Gasteiger partial charge in [-0.3, -0.25) is 4.98 Å². The monoisotopic (exact) mass is 465 g/mol. The minimum Gasteiger partial charge on any atom is -0.496 e. The first-order chi connectivity index (χ1) is 14.7. The molecule has 1 aromatic heterocycles. The predicted octanol–water partition coefficient (Wildman–Crippen LogP) is 5.64. The number of benzene rings is 2. The Bertz CT molecular complexity index is 993. The maximum absolute atomic E-state index is 12.9. The molecule has 0 saturated heterocycles. The SMILES string of the molecule is COc1ccccc1/C=C/CN(CCc1ccccn1)C(=O)Nc1cccc(Br)c1. The molecule has 0 bridgehead atoms. The van der Waals surface area contributed by atoms with Gasteiger partial charge < -0.3 is 15.0 Å². The number of urea groups is 1. The van der Waals surface area contributed by atoms with Crippen LogP contribution in [0.2, 0.25) is 0 Å². The number of hydrogen-bond donors (Lipinski definition) is 1. The largest absolute Gasteiger partial charge is 0.496 e. The number of nitrogens with zero attached hydrogens (tertiary/aromatic N) is 2. The van der Waals surface area contributed by atoms with Gasteiger partial charge in [-0.05, 0) is 36.4 Å². The van der Waals surface area contributed by atoms with Crippen molar-refractivity contribution < 1.29 is 9.53 Å². The first kappa shape index (κ1) is 21.6. The van der Waals surface area contributed by atoms with Crippen molar-refractivity contribution in [1.29, 1.82) is 0 Å². The van der Waals surface area contributed by atoms with Crippen molar-refractivity contribution >= 4 is 33.7 Å². The Morgan fingerprint density at radius 1 is 1.13 bits per heavy atom. The Hall–Kier alpha value is -3.12. The van der Waals surface area contributed by atoms with Crippen molar-refractivity contribution in [1.82, 2.24) is 9.88 Å². The first-order valence-corrected chi connectivity index (χ1v) is 10.5. The van der Waals surface area contributed by atoms with E-state index in [0.29, 0.717) is 19.5 Å². The standard InChI is InChI=1S/C24H24BrN3O2/c1-30-23-13-3-2-8-19(23)9-7-16-28(17-14-21-11-4-5-15-26-21)24(29)27-22-12-6-10-20(25)18-22/h2-13,15,18H,14,16-17H2,1H3,(H,27,29)/b9-7+. The Labute approximate surface area is 185 Å². The molecule has 3 aromatic rings. The van der Waals surface area contributed by atoms with Gasteiger partial charge in [-0.1, -0.05) is 58.4 Å². The molecule has 0 unspecified atom stereocenters. The predicted molar refractivity (Wildman–Crippen MR) is 125 cm³/mol. The number of carbonyl (C=O) groups excluding carboxylic acids is 1. The molecule has 0 aliphatic rings. The van der Waals surface area contributed by atoms with Crippen molar-refractivity contribution in [2.45, 2.75) is 6.42 Å². The lowest BCUT2D eigenvalue weighted by atomic mass is 10.2. The van der Waals surface area contributed by atoms with Crippen molar-refractivity contribution in [2.75, 3.05) is 25.5 Å². The highest BCUT2D eigenvalue weighted by Crippen LogP contribution is 2.19. The summed E-state index contributed by atoms with van der Waals surface area (Å²) < 4.78 is 6.30. The summed E-state index contributed by atoms with van der Waals surface area (Å²) in [7, 11) is 1.65. The summed E-state index contributed by atoms with van der Waals surface area (Å²) in [6.07, 6.45) is 6.38. The number of ether oxygens (including phenoxy) is 1. The zero-order valence-corrected chi connectivity index (χ0v) is 18.4. The molecular weight excluding hydrogens is 442 g/mol. The van der Waals surface area contributed by atoms with E-state index in [0.717, 1.165) is 27.2 Å². The Morgan fingerprint density at radius 2 is 1.97 bits per heavy atom. The number of amides is 2. The summed E-state index contributed by atoms with van der Waals surface area (Å²) in [6, 6.07) is 21.0. The third-order valence-corrected chi connectivity index (χ3v) is 4.98. The molecule has 3 rings (SSSR count). The molecule has 154 valence electrons. The molecular formula is C24H24BrN3O2. The first-order valence-electron chi connectivity index (χ1n) is 9.66. The van der Waals surface area contributed by atoms with E-state index in [1.165, 1.54) is 0 Å². The second kappa shape index (κ2) is 11.2. The van der Waals surface area contributed by atoms with Crippen molar-refractivity contribution in [3.8, 4) is 5.75 Å². The molecule has 1 N–H and O–H groups in total. The highest BCUT2D eigenvalue weighted by Gasteiger charge is 2.13. The number of anilines is 1. The van der Waals surface area contributed by atoms with Crippen LogP contribution < -0.4 is 10.1 Å². The zero-order chi connectivity index (χ0) is 21.2. The van der Waals surface area contributed by atoms with Crippen LogP contribution in [0.25, 0.3) is 6.08 Å². The fourth-order valence-corrected chi connectivity index (χ4v) is 3.35. The van der Waals surface area contributed by atoms with E-state index in [-0.39, 0.29) is 6.03 Å². The fourth-order valence-electron chi connectivity index (χ4n) is 2.95. The molecule has 2 aromatic carbocycles. The topological polar surface area (TPSA) is 54.5 Å². The van der Waals surface area contributed by atoms with Crippen LogP contribution >= 0.6 is 15.9 Å². The Morgan fingerprint density at radius 3 is 2.73 bits per heavy atom. The minimum atomic E-state index is -0.159. The summed E-state index contributed by atoms with van der Waals surface area (Å²) >= 11 is 3.44. The second-order valence-corrected chi connectivity index (χ2v) is 7.52. The van der Waals surface area contributed by atoms with Crippen molar-refractivity contribution in [3.63, 3.8) is 0 Å². The van der Waals surface area contributed by atoms with E-state index < -0.39 is 0 Å². The number of methoxy groups -OCH3 is 1. The average Bonchev–Trinajstić information content (AvgIpc) is 2.77. The molecule has 30 heavy (non-hydrogen) atoms. The van der Waals surface area contributed by atoms with Crippen LogP contribution in [-0.4, -0.2) is 36.1 Å².